The molecule has 3 heteroatoms. The second kappa shape index (κ2) is 6.31. The smallest absolute Gasteiger partial charge is 0.235 e. The van der Waals surface area contributed by atoms with Crippen molar-refractivity contribution in [2.75, 3.05) is 4.90 Å². The lowest BCUT2D eigenvalue weighted by Gasteiger charge is -2.32. The van der Waals surface area contributed by atoms with Gasteiger partial charge in [-0.3, -0.25) is 0 Å². The zero-order valence-electron chi connectivity index (χ0n) is 17.8. The van der Waals surface area contributed by atoms with Crippen LogP contribution in [0.25, 0.3) is 25.7 Å². The van der Waals surface area contributed by atoms with Crippen LogP contribution in [0.5, 0.6) is 0 Å². The first-order valence-electron chi connectivity index (χ1n) is 11.3. The Morgan fingerprint density at radius 1 is 0.727 bits per heavy atom. The van der Waals surface area contributed by atoms with Gasteiger partial charge < -0.3 is 4.90 Å². The minimum Gasteiger partial charge on any atom is -0.318 e. The van der Waals surface area contributed by atoms with E-state index in [9.17, 15) is 0 Å². The van der Waals surface area contributed by atoms with Crippen molar-refractivity contribution in [2.24, 2.45) is 0 Å². The maximum atomic E-state index is 2.52. The molecule has 0 amide bonds. The van der Waals surface area contributed by atoms with E-state index in [1.54, 1.807) is 0 Å². The van der Waals surface area contributed by atoms with Gasteiger partial charge in [-0.2, -0.15) is 4.58 Å². The number of fused-ring (bicyclic) bond motifs is 8. The van der Waals surface area contributed by atoms with Gasteiger partial charge in [0.15, 0.2) is 0 Å². The number of hydrogen-bond donors (Lipinski definition) is 0. The lowest BCUT2D eigenvalue weighted by Crippen LogP contribution is -2.43. The van der Waals surface area contributed by atoms with Gasteiger partial charge in [-0.05, 0) is 29.8 Å². The summed E-state index contributed by atoms with van der Waals surface area (Å²) in [4.78, 5) is 2.52. The van der Waals surface area contributed by atoms with Gasteiger partial charge in [0.25, 0.3) is 0 Å². The molecule has 0 bridgehead atoms. The highest BCUT2D eigenvalue weighted by molar-refractivity contribution is 7.25. The molecule has 2 aliphatic heterocycles. The molecule has 3 aliphatic rings. The third-order valence-corrected chi connectivity index (χ3v) is 8.26. The number of benzene rings is 4. The zero-order valence-corrected chi connectivity index (χ0v) is 18.6. The third kappa shape index (κ3) is 2.25. The van der Waals surface area contributed by atoms with Crippen LogP contribution in [0, 0.1) is 0 Å². The van der Waals surface area contributed by atoms with Crippen LogP contribution in [0.15, 0.2) is 109 Å². The standard InChI is InChI=1S/C30H19N2S/c1-3-11-24-20(8-1)22-10-7-14-27-30(22)32(24)26-13-5-4-12-25(26)31(27)19-16-17-29-23(18-19)21-9-2-6-15-28(21)33-29/h1-18,30H/q+1. The molecule has 0 fully saturated rings. The molecule has 1 aliphatic carbocycles. The Balaban J connectivity index is 1.45. The Bertz CT molecular complexity index is 1730. The van der Waals surface area contributed by atoms with Gasteiger partial charge in [-0.15, -0.1) is 11.3 Å². The largest absolute Gasteiger partial charge is 0.318 e. The van der Waals surface area contributed by atoms with Crippen LogP contribution in [0.1, 0.15) is 5.56 Å². The van der Waals surface area contributed by atoms with Crippen molar-refractivity contribution < 1.29 is 0 Å². The SMILES string of the molecule is C1=CC2=[N+](c3ccc4sc5ccccc5c4c3)c3ccccc3N3c4ccccc4C(=C1)C23. The second-order valence-corrected chi connectivity index (χ2v) is 9.88. The van der Waals surface area contributed by atoms with E-state index in [1.807, 2.05) is 11.3 Å². The molecule has 4 aromatic carbocycles. The molecule has 2 nitrogen and oxygen atoms in total. The van der Waals surface area contributed by atoms with Crippen molar-refractivity contribution in [1.82, 2.24) is 4.58 Å². The minimum absolute atomic E-state index is 0.192. The lowest BCUT2D eigenvalue weighted by atomic mass is 9.92. The number of hydrogen-bond acceptors (Lipinski definition) is 2. The van der Waals surface area contributed by atoms with Gasteiger partial charge in [-0.1, -0.05) is 60.7 Å². The van der Waals surface area contributed by atoms with E-state index < -0.39 is 0 Å². The molecular formula is C30H19N2S+. The number of nitrogens with zero attached hydrogens (tertiary/aromatic N) is 2. The van der Waals surface area contributed by atoms with Crippen LogP contribution in [0.2, 0.25) is 0 Å². The molecule has 0 saturated heterocycles. The third-order valence-electron chi connectivity index (χ3n) is 7.11. The highest BCUT2D eigenvalue weighted by Crippen LogP contribution is 2.52. The predicted molar refractivity (Wildman–Crippen MR) is 142 cm³/mol. The molecule has 0 N–H and O–H groups in total. The number of thiophene rings is 1. The molecular weight excluding hydrogens is 420 g/mol. The summed E-state index contributed by atoms with van der Waals surface area (Å²) in [5.41, 5.74) is 9.01. The predicted octanol–water partition coefficient (Wildman–Crippen LogP) is 7.82. The van der Waals surface area contributed by atoms with Gasteiger partial charge >= 0.3 is 0 Å². The van der Waals surface area contributed by atoms with E-state index in [0.717, 1.165) is 0 Å². The molecule has 0 spiro atoms. The van der Waals surface area contributed by atoms with E-state index >= 15 is 0 Å². The normalized spacial score (nSPS) is 17.9. The van der Waals surface area contributed by atoms with Gasteiger partial charge in [-0.25, -0.2) is 0 Å². The van der Waals surface area contributed by atoms with Gasteiger partial charge in [0.2, 0.25) is 17.1 Å². The molecule has 8 rings (SSSR count). The second-order valence-electron chi connectivity index (χ2n) is 8.80. The van der Waals surface area contributed by atoms with Crippen molar-refractivity contribution in [3.63, 3.8) is 0 Å². The Morgan fingerprint density at radius 3 is 2.48 bits per heavy atom. The highest BCUT2D eigenvalue weighted by Gasteiger charge is 2.48. The Hall–Kier alpha value is -3.95. The first-order chi connectivity index (χ1) is 16.4. The molecule has 1 unspecified atom stereocenters. The monoisotopic (exact) mass is 439 g/mol. The van der Waals surface area contributed by atoms with Crippen molar-refractivity contribution >= 4 is 65.5 Å². The van der Waals surface area contributed by atoms with Crippen LogP contribution >= 0.6 is 11.3 Å². The summed E-state index contributed by atoms with van der Waals surface area (Å²) in [5, 5.41) is 2.67. The summed E-state index contributed by atoms with van der Waals surface area (Å²) >= 11 is 1.87. The average molecular weight is 440 g/mol. The van der Waals surface area contributed by atoms with Gasteiger partial charge in [0.05, 0.1) is 5.69 Å². The van der Waals surface area contributed by atoms with Gasteiger partial charge in [0.1, 0.15) is 11.7 Å². The Kier molecular flexibility index (Phi) is 3.36. The van der Waals surface area contributed by atoms with Crippen molar-refractivity contribution in [2.45, 2.75) is 6.04 Å². The fourth-order valence-electron chi connectivity index (χ4n) is 5.77. The minimum atomic E-state index is 0.192. The summed E-state index contributed by atoms with van der Waals surface area (Å²) in [6.45, 7) is 0. The number of rotatable bonds is 1. The molecule has 5 aromatic rings. The summed E-state index contributed by atoms with van der Waals surface area (Å²) in [5.74, 6) is 0. The molecule has 1 aromatic heterocycles. The van der Waals surface area contributed by atoms with E-state index in [4.69, 9.17) is 0 Å². The number of para-hydroxylation sites is 3. The Morgan fingerprint density at radius 2 is 1.52 bits per heavy atom. The molecule has 154 valence electrons. The van der Waals surface area contributed by atoms with Gasteiger partial charge in [0, 0.05) is 50.0 Å². The molecule has 0 radical (unpaired) electrons. The van der Waals surface area contributed by atoms with Crippen LogP contribution < -0.4 is 9.48 Å². The maximum Gasteiger partial charge on any atom is 0.235 e. The topological polar surface area (TPSA) is 6.25 Å². The number of anilines is 2. The van der Waals surface area contributed by atoms with Crippen LogP contribution in [-0.2, 0) is 0 Å². The van der Waals surface area contributed by atoms with E-state index in [1.165, 1.54) is 59.8 Å². The summed E-state index contributed by atoms with van der Waals surface area (Å²) < 4.78 is 5.15. The summed E-state index contributed by atoms with van der Waals surface area (Å²) in [7, 11) is 0. The fourth-order valence-corrected chi connectivity index (χ4v) is 6.86. The van der Waals surface area contributed by atoms with E-state index in [-0.39, 0.29) is 6.04 Å². The molecule has 3 heterocycles. The summed E-state index contributed by atoms with van der Waals surface area (Å²) in [6.07, 6.45) is 6.79. The van der Waals surface area contributed by atoms with Crippen LogP contribution in [0.4, 0.5) is 22.7 Å². The van der Waals surface area contributed by atoms with E-state index in [0.29, 0.717) is 0 Å². The molecule has 1 atom stereocenters. The highest BCUT2D eigenvalue weighted by atomic mass is 32.1. The zero-order chi connectivity index (χ0) is 21.5. The first-order valence-corrected chi connectivity index (χ1v) is 12.1. The quantitative estimate of drug-likeness (QED) is 0.241. The maximum absolute atomic E-state index is 2.52. The molecule has 0 saturated carbocycles. The lowest BCUT2D eigenvalue weighted by molar-refractivity contribution is 0.932. The fraction of sp³-hybridized carbons (Fsp3) is 0.0333. The first kappa shape index (κ1) is 17.6. The Labute approximate surface area is 195 Å². The van der Waals surface area contributed by atoms with Crippen LogP contribution in [-0.4, -0.2) is 11.8 Å². The molecule has 33 heavy (non-hydrogen) atoms. The average Bonchev–Trinajstić information content (AvgIpc) is 3.41. The van der Waals surface area contributed by atoms with Crippen LogP contribution in [0.3, 0.4) is 0 Å². The number of allylic oxidation sites excluding steroid dienone is 2. The summed E-state index contributed by atoms with van der Waals surface area (Å²) in [6, 6.07) is 33.5. The van der Waals surface area contributed by atoms with E-state index in [2.05, 4.69) is 119 Å². The van der Waals surface area contributed by atoms with Crippen molar-refractivity contribution in [3.05, 3.63) is 115 Å². The van der Waals surface area contributed by atoms with Crippen molar-refractivity contribution in [3.8, 4) is 0 Å². The van der Waals surface area contributed by atoms with Crippen molar-refractivity contribution in [1.29, 1.82) is 0 Å².